The second kappa shape index (κ2) is 80.0. The van der Waals surface area contributed by atoms with Gasteiger partial charge in [0.15, 0.2) is 12.2 Å². The van der Waals surface area contributed by atoms with Gasteiger partial charge in [-0.1, -0.05) is 296 Å². The first-order chi connectivity index (χ1) is 52.7. The zero-order valence-corrected chi connectivity index (χ0v) is 69.5. The van der Waals surface area contributed by atoms with Crippen LogP contribution in [-0.4, -0.2) is 96.7 Å². The number of carbonyl (C=O) groups is 4. The lowest BCUT2D eigenvalue weighted by atomic mass is 10.1. The van der Waals surface area contributed by atoms with Crippen LogP contribution in [-0.2, 0) is 65.4 Å². The third-order valence-electron chi connectivity index (χ3n) is 17.3. The fourth-order valence-electron chi connectivity index (χ4n) is 10.9. The number of phosphoric acid groups is 2. The van der Waals surface area contributed by atoms with Crippen LogP contribution in [0, 0.1) is 0 Å². The molecule has 0 aliphatic heterocycles. The molecule has 108 heavy (non-hydrogen) atoms. The molecule has 17 nitrogen and oxygen atoms in total. The van der Waals surface area contributed by atoms with Crippen LogP contribution in [0.5, 0.6) is 0 Å². The lowest BCUT2D eigenvalue weighted by molar-refractivity contribution is -0.161. The van der Waals surface area contributed by atoms with Gasteiger partial charge in [0.1, 0.15) is 19.3 Å². The van der Waals surface area contributed by atoms with Crippen molar-refractivity contribution in [3.63, 3.8) is 0 Å². The Labute approximate surface area is 656 Å². The van der Waals surface area contributed by atoms with Crippen LogP contribution >= 0.6 is 15.6 Å². The number of unbranched alkanes of at least 4 members (excludes halogenated alkanes) is 28. The lowest BCUT2D eigenvalue weighted by Gasteiger charge is -2.21. The van der Waals surface area contributed by atoms with E-state index in [1.165, 1.54) is 57.8 Å². The van der Waals surface area contributed by atoms with Gasteiger partial charge in [-0.15, -0.1) is 0 Å². The number of carbonyl (C=O) groups excluding carboxylic acids is 4. The molecule has 19 heteroatoms. The van der Waals surface area contributed by atoms with Crippen molar-refractivity contribution in [2.24, 2.45) is 0 Å². The Balaban J connectivity index is 5.45. The number of phosphoric ester groups is 2. The van der Waals surface area contributed by atoms with Crippen molar-refractivity contribution in [1.82, 2.24) is 0 Å². The third-order valence-corrected chi connectivity index (χ3v) is 19.2. The fraction of sp³-hybridized carbons (Fsp3) is 0.685. The molecule has 5 unspecified atom stereocenters. The van der Waals surface area contributed by atoms with Crippen molar-refractivity contribution < 1.29 is 80.2 Å². The molecule has 618 valence electrons. The summed E-state index contributed by atoms with van der Waals surface area (Å²) in [5.74, 6) is -2.27. The van der Waals surface area contributed by atoms with Crippen LogP contribution in [0.2, 0.25) is 0 Å². The van der Waals surface area contributed by atoms with Gasteiger partial charge in [-0.25, -0.2) is 9.13 Å². The molecular weight excluding hydrogens is 1400 g/mol. The summed E-state index contributed by atoms with van der Waals surface area (Å²) in [6.07, 6.45) is 92.4. The third kappa shape index (κ3) is 79.0. The summed E-state index contributed by atoms with van der Waals surface area (Å²) in [5, 5.41) is 10.7. The molecule has 0 heterocycles. The maximum absolute atomic E-state index is 13.1. The molecule has 0 aromatic rings. The smallest absolute Gasteiger partial charge is 0.462 e. The molecule has 0 aromatic carbocycles. The summed E-state index contributed by atoms with van der Waals surface area (Å²) in [5.41, 5.74) is 0. The molecule has 0 spiro atoms. The molecule has 0 fully saturated rings. The van der Waals surface area contributed by atoms with Gasteiger partial charge in [0.25, 0.3) is 0 Å². The molecule has 5 atom stereocenters. The molecule has 0 saturated heterocycles. The monoisotopic (exact) mass is 1550 g/mol. The summed E-state index contributed by atoms with van der Waals surface area (Å²) >= 11 is 0. The van der Waals surface area contributed by atoms with Crippen molar-refractivity contribution in [1.29, 1.82) is 0 Å². The van der Waals surface area contributed by atoms with Crippen LogP contribution < -0.4 is 0 Å². The van der Waals surface area contributed by atoms with Gasteiger partial charge in [0, 0.05) is 25.7 Å². The van der Waals surface area contributed by atoms with E-state index in [-0.39, 0.29) is 25.7 Å². The topological polar surface area (TPSA) is 237 Å². The molecule has 0 rings (SSSR count). The zero-order valence-electron chi connectivity index (χ0n) is 67.7. The Morgan fingerprint density at radius 3 is 0.806 bits per heavy atom. The Morgan fingerprint density at radius 1 is 0.269 bits per heavy atom. The normalized spacial score (nSPS) is 14.5. The van der Waals surface area contributed by atoms with Crippen LogP contribution in [0.25, 0.3) is 0 Å². The van der Waals surface area contributed by atoms with Crippen molar-refractivity contribution in [3.05, 3.63) is 146 Å². The number of esters is 4. The number of aliphatic hydroxyl groups excluding tert-OH is 1. The summed E-state index contributed by atoms with van der Waals surface area (Å²) < 4.78 is 68.7. The van der Waals surface area contributed by atoms with Gasteiger partial charge in [-0.3, -0.25) is 37.3 Å². The Kier molecular flexibility index (Phi) is 76.3. The predicted octanol–water partition coefficient (Wildman–Crippen LogP) is 25.0. The first-order valence-electron chi connectivity index (χ1n) is 42.1. The number of allylic oxidation sites excluding steroid dienone is 24. The maximum atomic E-state index is 13.1. The minimum Gasteiger partial charge on any atom is -0.462 e. The van der Waals surface area contributed by atoms with E-state index in [9.17, 15) is 43.2 Å². The van der Waals surface area contributed by atoms with E-state index in [0.29, 0.717) is 32.1 Å². The molecule has 3 N–H and O–H groups in total. The van der Waals surface area contributed by atoms with E-state index in [0.717, 1.165) is 193 Å². The average molecular weight is 1550 g/mol. The van der Waals surface area contributed by atoms with Crippen LogP contribution in [0.4, 0.5) is 0 Å². The van der Waals surface area contributed by atoms with E-state index < -0.39 is 97.5 Å². The van der Waals surface area contributed by atoms with Crippen molar-refractivity contribution in [2.75, 3.05) is 39.6 Å². The molecule has 0 saturated carbocycles. The first kappa shape index (κ1) is 103. The van der Waals surface area contributed by atoms with E-state index in [1.54, 1.807) is 0 Å². The number of rotatable bonds is 78. The highest BCUT2D eigenvalue weighted by Crippen LogP contribution is 2.45. The second-order valence-electron chi connectivity index (χ2n) is 27.6. The van der Waals surface area contributed by atoms with E-state index >= 15 is 0 Å². The molecular formula is C89H150O17P2. The highest BCUT2D eigenvalue weighted by molar-refractivity contribution is 7.47. The largest absolute Gasteiger partial charge is 0.472 e. The van der Waals surface area contributed by atoms with Crippen molar-refractivity contribution in [2.45, 2.75) is 354 Å². The molecule has 0 amide bonds. The van der Waals surface area contributed by atoms with Gasteiger partial charge in [-0.05, 0) is 161 Å². The van der Waals surface area contributed by atoms with E-state index in [2.05, 4.69) is 161 Å². The van der Waals surface area contributed by atoms with Gasteiger partial charge in [0.05, 0.1) is 26.4 Å². The number of hydrogen-bond donors (Lipinski definition) is 3. The standard InChI is InChI=1S/C89H150O17P2/c1-5-9-13-17-21-25-29-33-37-40-41-44-47-50-54-58-62-66-70-74-87(92)100-80-85(106-89(94)76-72-68-64-60-56-52-48-43-39-35-31-27-23-19-15-11-7-3)82-104-108(97,98)102-78-83(90)77-101-107(95,96)103-81-84(105-88(93)75-71-67-63-59-55-51-45-36-32-28-24-20-16-12-8-4)79-99-86(91)73-69-65-61-57-53-49-46-42-38-34-30-26-22-18-14-10-6-2/h10-11,14-15,21-23,25-27,33-39,41,44-45,48,52,60,64,83-85,90H,5-9,12-13,16-20,24,28-32,40,42-43,46-47,49-51,53-59,61-63,65-82H2,1-4H3,(H,95,96)(H,97,98)/b14-10-,15-11-,25-21-,26-22-,27-23-,37-33-,38-34-,39-35-,44-41-,45-36-,52-48-,64-60-. The quantitative estimate of drug-likeness (QED) is 0.0169. The minimum atomic E-state index is -5.00. The van der Waals surface area contributed by atoms with Gasteiger partial charge in [-0.2, -0.15) is 0 Å². The molecule has 0 aliphatic rings. The minimum absolute atomic E-state index is 0.00973. The van der Waals surface area contributed by atoms with E-state index in [4.69, 9.17) is 37.0 Å². The molecule has 0 aromatic heterocycles. The first-order valence-corrected chi connectivity index (χ1v) is 45.1. The van der Waals surface area contributed by atoms with Gasteiger partial charge < -0.3 is 33.8 Å². The predicted molar refractivity (Wildman–Crippen MR) is 445 cm³/mol. The number of aliphatic hydroxyl groups is 1. The van der Waals surface area contributed by atoms with E-state index in [1.807, 2.05) is 12.2 Å². The number of hydrogen-bond acceptors (Lipinski definition) is 15. The van der Waals surface area contributed by atoms with Crippen LogP contribution in [0.15, 0.2) is 146 Å². The van der Waals surface area contributed by atoms with Gasteiger partial charge in [0.2, 0.25) is 0 Å². The average Bonchev–Trinajstić information content (AvgIpc) is 0.900. The van der Waals surface area contributed by atoms with Crippen molar-refractivity contribution in [3.8, 4) is 0 Å². The van der Waals surface area contributed by atoms with Crippen LogP contribution in [0.1, 0.15) is 336 Å². The Morgan fingerprint density at radius 2 is 0.491 bits per heavy atom. The SMILES string of the molecule is CC/C=C\C/C=C\C/C=C\C/C=C\C/C=C\CCCC(=O)OC(COC(=O)CCCCCCCC/C=C\C/C=C\C/C=C\CCCCC)COP(=O)(O)OCC(O)COP(=O)(O)OCC(COC(=O)CCCCCCCCC/C=C\C/C=C\C/C=C\CC)OC(=O)CCCCCCC/C=C\CCCCCCCC. The summed E-state index contributed by atoms with van der Waals surface area (Å²) in [7, 11) is -10.00. The van der Waals surface area contributed by atoms with Gasteiger partial charge >= 0.3 is 39.5 Å². The highest BCUT2D eigenvalue weighted by atomic mass is 31.2. The second-order valence-corrected chi connectivity index (χ2v) is 30.6. The summed E-state index contributed by atoms with van der Waals surface area (Å²) in [6.45, 7) is 4.55. The Bertz CT molecular complexity index is 2610. The molecule has 0 bridgehead atoms. The lowest BCUT2D eigenvalue weighted by Crippen LogP contribution is -2.30. The maximum Gasteiger partial charge on any atom is 0.472 e. The number of ether oxygens (including phenoxy) is 4. The summed E-state index contributed by atoms with van der Waals surface area (Å²) in [6, 6.07) is 0. The zero-order chi connectivity index (χ0) is 78.9. The molecule has 0 aliphatic carbocycles. The Hall–Kier alpha value is -5.06. The van der Waals surface area contributed by atoms with Crippen LogP contribution in [0.3, 0.4) is 0 Å². The fourth-order valence-corrected chi connectivity index (χ4v) is 12.5. The highest BCUT2D eigenvalue weighted by Gasteiger charge is 2.30. The summed E-state index contributed by atoms with van der Waals surface area (Å²) in [4.78, 5) is 73.2. The molecule has 0 radical (unpaired) electrons. The van der Waals surface area contributed by atoms with Crippen molar-refractivity contribution >= 4 is 39.5 Å².